The van der Waals surface area contributed by atoms with Gasteiger partial charge in [0, 0.05) is 6.42 Å². The van der Waals surface area contributed by atoms with Crippen LogP contribution < -0.4 is 0 Å². The number of nitrogens with zero attached hydrogens (tertiary/aromatic N) is 2. The third-order valence-corrected chi connectivity index (χ3v) is 2.12. The molecule has 1 rings (SSSR count). The molecule has 13 heavy (non-hydrogen) atoms. The molecule has 0 spiro atoms. The highest BCUT2D eigenvalue weighted by Crippen LogP contribution is 2.22. The summed E-state index contributed by atoms with van der Waals surface area (Å²) in [6.07, 6.45) is 0.593. The number of hydrogen-bond donors (Lipinski definition) is 0. The molecule has 0 aliphatic rings. The van der Waals surface area contributed by atoms with Crippen molar-refractivity contribution in [3.05, 3.63) is 21.7 Å². The molecule has 1 aromatic heterocycles. The number of aromatic nitrogens is 2. The van der Waals surface area contributed by atoms with E-state index in [1.807, 2.05) is 6.92 Å². The first-order chi connectivity index (χ1) is 6.06. The molecule has 0 aliphatic carbocycles. The summed E-state index contributed by atoms with van der Waals surface area (Å²) < 4.78 is 0. The van der Waals surface area contributed by atoms with Crippen LogP contribution >= 0.6 is 34.8 Å². The van der Waals surface area contributed by atoms with Gasteiger partial charge in [-0.25, -0.2) is 9.97 Å². The lowest BCUT2D eigenvalue weighted by Crippen LogP contribution is -2.01. The van der Waals surface area contributed by atoms with Gasteiger partial charge in [0.25, 0.3) is 5.24 Å². The Balaban J connectivity index is 3.31. The third kappa shape index (κ3) is 2.30. The second-order valence-electron chi connectivity index (χ2n) is 2.22. The lowest BCUT2D eigenvalue weighted by atomic mass is 10.3. The summed E-state index contributed by atoms with van der Waals surface area (Å²) in [7, 11) is 0. The van der Waals surface area contributed by atoms with Crippen LogP contribution in [-0.2, 0) is 6.42 Å². The monoisotopic (exact) mass is 238 g/mol. The summed E-state index contributed by atoms with van der Waals surface area (Å²) in [6.45, 7) is 1.85. The van der Waals surface area contributed by atoms with Crippen molar-refractivity contribution in [3.8, 4) is 0 Å². The highest BCUT2D eigenvalue weighted by molar-refractivity contribution is 6.69. The summed E-state index contributed by atoms with van der Waals surface area (Å²) in [5.41, 5.74) is -0.0396. The van der Waals surface area contributed by atoms with Gasteiger partial charge in [0.2, 0.25) is 0 Å². The molecule has 1 aromatic rings. The molecule has 6 heteroatoms. The zero-order valence-corrected chi connectivity index (χ0v) is 8.91. The summed E-state index contributed by atoms with van der Waals surface area (Å²) in [5.74, 6) is 0.483. The number of carbonyl (C=O) groups excluding carboxylic acids is 1. The maximum atomic E-state index is 10.8. The second kappa shape index (κ2) is 4.22. The van der Waals surface area contributed by atoms with Crippen molar-refractivity contribution in [1.29, 1.82) is 0 Å². The third-order valence-electron chi connectivity index (χ3n) is 1.38. The number of carbonyl (C=O) groups is 1. The van der Waals surface area contributed by atoms with Gasteiger partial charge in [-0.15, -0.1) is 0 Å². The quantitative estimate of drug-likeness (QED) is 0.589. The Bertz CT molecular complexity index is 331. The average Bonchev–Trinajstić information content (AvgIpc) is 2.02. The lowest BCUT2D eigenvalue weighted by molar-refractivity contribution is 0.108. The largest absolute Gasteiger partial charge is 0.275 e. The Hall–Kier alpha value is -0.380. The van der Waals surface area contributed by atoms with E-state index in [9.17, 15) is 4.79 Å². The zero-order valence-electron chi connectivity index (χ0n) is 6.64. The van der Waals surface area contributed by atoms with Gasteiger partial charge in [-0.1, -0.05) is 30.1 Å². The van der Waals surface area contributed by atoms with Crippen molar-refractivity contribution in [3.63, 3.8) is 0 Å². The smallest absolute Gasteiger partial charge is 0.258 e. The maximum Gasteiger partial charge on any atom is 0.258 e. The van der Waals surface area contributed by atoms with Gasteiger partial charge in [-0.3, -0.25) is 4.79 Å². The molecule has 0 N–H and O–H groups in total. The minimum atomic E-state index is -0.752. The molecule has 0 amide bonds. The molecular weight excluding hydrogens is 234 g/mol. The first kappa shape index (κ1) is 10.7. The van der Waals surface area contributed by atoms with E-state index in [4.69, 9.17) is 34.8 Å². The summed E-state index contributed by atoms with van der Waals surface area (Å²) in [4.78, 5) is 18.5. The average molecular weight is 239 g/mol. The fourth-order valence-electron chi connectivity index (χ4n) is 0.769. The van der Waals surface area contributed by atoms with Gasteiger partial charge in [0.1, 0.15) is 21.7 Å². The summed E-state index contributed by atoms with van der Waals surface area (Å²) >= 11 is 16.6. The first-order valence-electron chi connectivity index (χ1n) is 3.48. The van der Waals surface area contributed by atoms with Crippen LogP contribution in [0.2, 0.25) is 10.3 Å². The molecule has 1 heterocycles. The zero-order chi connectivity index (χ0) is 10.0. The van der Waals surface area contributed by atoms with Crippen molar-refractivity contribution in [2.75, 3.05) is 0 Å². The van der Waals surface area contributed by atoms with Gasteiger partial charge in [-0.2, -0.15) is 0 Å². The van der Waals surface area contributed by atoms with Gasteiger partial charge >= 0.3 is 0 Å². The topological polar surface area (TPSA) is 42.9 Å². The fourth-order valence-corrected chi connectivity index (χ4v) is 1.64. The SMILES string of the molecule is CCc1nc(Cl)c(C(=O)Cl)c(Cl)n1. The number of rotatable bonds is 2. The molecule has 0 bridgehead atoms. The lowest BCUT2D eigenvalue weighted by Gasteiger charge is -2.02. The van der Waals surface area contributed by atoms with Crippen LogP contribution in [0.3, 0.4) is 0 Å². The molecule has 0 saturated carbocycles. The van der Waals surface area contributed by atoms with E-state index in [0.29, 0.717) is 12.2 Å². The van der Waals surface area contributed by atoms with E-state index in [1.165, 1.54) is 0 Å². The molecule has 70 valence electrons. The van der Waals surface area contributed by atoms with Crippen LogP contribution in [0, 0.1) is 0 Å². The van der Waals surface area contributed by atoms with Crippen molar-refractivity contribution in [2.45, 2.75) is 13.3 Å². The Morgan fingerprint density at radius 1 is 1.31 bits per heavy atom. The van der Waals surface area contributed by atoms with Crippen LogP contribution in [-0.4, -0.2) is 15.2 Å². The fraction of sp³-hybridized carbons (Fsp3) is 0.286. The molecule has 0 aliphatic heterocycles. The van der Waals surface area contributed by atoms with Crippen LogP contribution in [0.15, 0.2) is 0 Å². The Labute approximate surface area is 90.0 Å². The van der Waals surface area contributed by atoms with Crippen molar-refractivity contribution in [2.24, 2.45) is 0 Å². The molecule has 0 saturated heterocycles. The maximum absolute atomic E-state index is 10.8. The van der Waals surface area contributed by atoms with Crippen LogP contribution in [0.25, 0.3) is 0 Å². The predicted molar refractivity (Wildman–Crippen MR) is 51.6 cm³/mol. The van der Waals surface area contributed by atoms with Gasteiger partial charge < -0.3 is 0 Å². The molecule has 0 aromatic carbocycles. The minimum absolute atomic E-state index is 0.00292. The van der Waals surface area contributed by atoms with E-state index >= 15 is 0 Å². The van der Waals surface area contributed by atoms with Crippen LogP contribution in [0.4, 0.5) is 0 Å². The van der Waals surface area contributed by atoms with Crippen LogP contribution in [0.5, 0.6) is 0 Å². The minimum Gasteiger partial charge on any atom is -0.275 e. The van der Waals surface area contributed by atoms with E-state index < -0.39 is 5.24 Å². The molecule has 0 radical (unpaired) electrons. The standard InChI is InChI=1S/C7H5Cl3N2O/c1-2-3-11-5(8)4(7(10)13)6(9)12-3/h2H2,1H3. The van der Waals surface area contributed by atoms with E-state index in [1.54, 1.807) is 0 Å². The second-order valence-corrected chi connectivity index (χ2v) is 3.28. The molecule has 0 unspecified atom stereocenters. The number of hydrogen-bond acceptors (Lipinski definition) is 3. The van der Waals surface area contributed by atoms with Crippen LogP contribution in [0.1, 0.15) is 23.1 Å². The first-order valence-corrected chi connectivity index (χ1v) is 4.61. The van der Waals surface area contributed by atoms with E-state index in [2.05, 4.69) is 9.97 Å². The highest BCUT2D eigenvalue weighted by atomic mass is 35.5. The van der Waals surface area contributed by atoms with E-state index in [0.717, 1.165) is 0 Å². The number of halogens is 3. The van der Waals surface area contributed by atoms with Crippen molar-refractivity contribution >= 4 is 40.0 Å². The van der Waals surface area contributed by atoms with Gasteiger partial charge in [-0.05, 0) is 11.6 Å². The summed E-state index contributed by atoms with van der Waals surface area (Å²) in [6, 6.07) is 0. The number of aryl methyl sites for hydroxylation is 1. The highest BCUT2D eigenvalue weighted by Gasteiger charge is 2.16. The van der Waals surface area contributed by atoms with Crippen molar-refractivity contribution < 1.29 is 4.79 Å². The molecule has 3 nitrogen and oxygen atoms in total. The molecular formula is C7H5Cl3N2O. The summed E-state index contributed by atoms with van der Waals surface area (Å²) in [5, 5.41) is -0.758. The van der Waals surface area contributed by atoms with E-state index in [-0.39, 0.29) is 15.9 Å². The Morgan fingerprint density at radius 3 is 2.08 bits per heavy atom. The van der Waals surface area contributed by atoms with Crippen molar-refractivity contribution in [1.82, 2.24) is 9.97 Å². The normalized spacial score (nSPS) is 10.2. The predicted octanol–water partition coefficient (Wildman–Crippen LogP) is 2.72. The Kier molecular flexibility index (Phi) is 3.47. The van der Waals surface area contributed by atoms with Gasteiger partial charge in [0.05, 0.1) is 0 Å². The van der Waals surface area contributed by atoms with Gasteiger partial charge in [0.15, 0.2) is 0 Å². The molecule has 0 fully saturated rings. The Morgan fingerprint density at radius 2 is 1.77 bits per heavy atom. The molecule has 0 atom stereocenters.